The molecule has 1 unspecified atom stereocenters. The van der Waals surface area contributed by atoms with Crippen molar-refractivity contribution in [1.29, 1.82) is 0 Å². The van der Waals surface area contributed by atoms with Crippen LogP contribution in [-0.2, 0) is 27.3 Å². The Morgan fingerprint density at radius 2 is 1.67 bits per heavy atom. The third kappa shape index (κ3) is 10.5. The molecule has 0 aromatic heterocycles. The van der Waals surface area contributed by atoms with E-state index in [0.29, 0.717) is 44.1 Å². The number of nitro benzene ring substituents is 1. The Kier molecular flexibility index (Phi) is 12.7. The van der Waals surface area contributed by atoms with E-state index in [4.69, 9.17) is 18.9 Å². The molecule has 0 radical (unpaired) electrons. The largest absolute Gasteiger partial charge is 0.492 e. The summed E-state index contributed by atoms with van der Waals surface area (Å²) in [5.74, 6) is -0.392. The summed E-state index contributed by atoms with van der Waals surface area (Å²) in [6, 6.07) is 21.0. The second kappa shape index (κ2) is 16.7. The van der Waals surface area contributed by atoms with Gasteiger partial charge in [0, 0.05) is 31.7 Å². The maximum atomic E-state index is 13.0. The van der Waals surface area contributed by atoms with Gasteiger partial charge in [0.05, 0.1) is 24.1 Å². The highest BCUT2D eigenvalue weighted by molar-refractivity contribution is 5.72. The van der Waals surface area contributed by atoms with Crippen molar-refractivity contribution in [3.05, 3.63) is 99.6 Å². The number of hydrogen-bond acceptors (Lipinski definition) is 8. The van der Waals surface area contributed by atoms with Crippen molar-refractivity contribution >= 4 is 17.7 Å². The second-order valence-corrected chi connectivity index (χ2v) is 9.43. The van der Waals surface area contributed by atoms with Crippen molar-refractivity contribution in [3.8, 4) is 11.5 Å². The first-order valence-corrected chi connectivity index (χ1v) is 13.7. The van der Waals surface area contributed by atoms with Crippen molar-refractivity contribution < 1.29 is 38.6 Å². The second-order valence-electron chi connectivity index (χ2n) is 9.43. The zero-order chi connectivity index (χ0) is 30.3. The standard InChI is InChI=1S/C31H36N2O9/c1-3-40-29(30(34)35)20-24-11-14-26(15-12-24)41-19-17-32(16-7-18-39-22-25-8-5-4-6-9-25)31(36)42-27-13-10-23(2)28(21-27)33(37)38/h4-6,8-15,21,29H,3,7,16-20,22H2,1-2H3,(H,34,35). The summed E-state index contributed by atoms with van der Waals surface area (Å²) in [6.45, 7) is 5.19. The number of amides is 1. The van der Waals surface area contributed by atoms with Crippen LogP contribution in [0.25, 0.3) is 0 Å². The minimum atomic E-state index is -1.02. The zero-order valence-corrected chi connectivity index (χ0v) is 23.8. The number of rotatable bonds is 17. The quantitative estimate of drug-likeness (QED) is 0.126. The summed E-state index contributed by atoms with van der Waals surface area (Å²) in [6.07, 6.45) is -0.819. The molecule has 224 valence electrons. The highest BCUT2D eigenvalue weighted by atomic mass is 16.6. The summed E-state index contributed by atoms with van der Waals surface area (Å²) < 4.78 is 22.3. The molecule has 0 saturated heterocycles. The number of carbonyl (C=O) groups excluding carboxylic acids is 1. The van der Waals surface area contributed by atoms with E-state index in [9.17, 15) is 24.8 Å². The predicted molar refractivity (Wildman–Crippen MR) is 155 cm³/mol. The topological polar surface area (TPSA) is 138 Å². The maximum absolute atomic E-state index is 13.0. The highest BCUT2D eigenvalue weighted by Gasteiger charge is 2.20. The monoisotopic (exact) mass is 580 g/mol. The Bertz CT molecular complexity index is 1300. The van der Waals surface area contributed by atoms with Crippen molar-refractivity contribution in [2.24, 2.45) is 0 Å². The van der Waals surface area contributed by atoms with Crippen LogP contribution in [0.15, 0.2) is 72.8 Å². The minimum Gasteiger partial charge on any atom is -0.492 e. The van der Waals surface area contributed by atoms with E-state index >= 15 is 0 Å². The predicted octanol–water partition coefficient (Wildman–Crippen LogP) is 5.42. The molecule has 0 fully saturated rings. The van der Waals surface area contributed by atoms with E-state index in [1.54, 1.807) is 38.1 Å². The van der Waals surface area contributed by atoms with Gasteiger partial charge in [0.15, 0.2) is 6.10 Å². The van der Waals surface area contributed by atoms with Crippen LogP contribution in [0.4, 0.5) is 10.5 Å². The van der Waals surface area contributed by atoms with Gasteiger partial charge in [0.2, 0.25) is 0 Å². The lowest BCUT2D eigenvalue weighted by atomic mass is 10.1. The number of carbonyl (C=O) groups is 2. The lowest BCUT2D eigenvalue weighted by Crippen LogP contribution is -2.38. The smallest absolute Gasteiger partial charge is 0.415 e. The number of aliphatic carboxylic acids is 1. The summed E-state index contributed by atoms with van der Waals surface area (Å²) >= 11 is 0. The van der Waals surface area contributed by atoms with Gasteiger partial charge in [0.25, 0.3) is 5.69 Å². The van der Waals surface area contributed by atoms with E-state index in [2.05, 4.69) is 0 Å². The molecular weight excluding hydrogens is 544 g/mol. The van der Waals surface area contributed by atoms with Gasteiger partial charge in [-0.25, -0.2) is 9.59 Å². The molecule has 11 heteroatoms. The fourth-order valence-corrected chi connectivity index (χ4v) is 4.06. The molecule has 1 N–H and O–H groups in total. The molecule has 0 aliphatic heterocycles. The molecule has 0 aliphatic carbocycles. The molecule has 0 aliphatic rings. The fourth-order valence-electron chi connectivity index (χ4n) is 4.06. The molecule has 0 spiro atoms. The first-order valence-electron chi connectivity index (χ1n) is 13.7. The van der Waals surface area contributed by atoms with E-state index < -0.39 is 23.1 Å². The van der Waals surface area contributed by atoms with Crippen molar-refractivity contribution in [2.75, 3.05) is 32.9 Å². The van der Waals surface area contributed by atoms with Gasteiger partial charge in [0.1, 0.15) is 18.1 Å². The number of nitro groups is 1. The normalized spacial score (nSPS) is 11.5. The third-order valence-electron chi connectivity index (χ3n) is 6.29. The lowest BCUT2D eigenvalue weighted by Gasteiger charge is -2.22. The molecule has 3 rings (SSSR count). The number of nitrogens with zero attached hydrogens (tertiary/aromatic N) is 2. The lowest BCUT2D eigenvalue weighted by molar-refractivity contribution is -0.385. The Labute approximate surface area is 244 Å². The molecular formula is C31H36N2O9. The van der Waals surface area contributed by atoms with Gasteiger partial charge in [-0.1, -0.05) is 42.5 Å². The molecule has 3 aromatic rings. The molecule has 0 bridgehead atoms. The molecule has 1 amide bonds. The van der Waals surface area contributed by atoms with E-state index in [0.717, 1.165) is 11.1 Å². The Balaban J connectivity index is 1.57. The Morgan fingerprint density at radius 3 is 2.33 bits per heavy atom. The molecule has 0 saturated carbocycles. The molecule has 11 nitrogen and oxygen atoms in total. The Hall–Kier alpha value is -4.48. The molecule has 42 heavy (non-hydrogen) atoms. The minimum absolute atomic E-state index is 0.0749. The summed E-state index contributed by atoms with van der Waals surface area (Å²) in [4.78, 5) is 36.6. The maximum Gasteiger partial charge on any atom is 0.415 e. The van der Waals surface area contributed by atoms with Gasteiger partial charge in [-0.15, -0.1) is 0 Å². The fraction of sp³-hybridized carbons (Fsp3) is 0.355. The molecule has 3 aromatic carbocycles. The number of carboxylic acid groups (broad SMARTS) is 1. The van der Waals surface area contributed by atoms with Crippen LogP contribution >= 0.6 is 0 Å². The number of benzene rings is 3. The van der Waals surface area contributed by atoms with Gasteiger partial charge in [-0.2, -0.15) is 0 Å². The number of hydrogen-bond donors (Lipinski definition) is 1. The van der Waals surface area contributed by atoms with Crippen LogP contribution in [0.5, 0.6) is 11.5 Å². The van der Waals surface area contributed by atoms with Gasteiger partial charge < -0.3 is 29.0 Å². The third-order valence-corrected chi connectivity index (χ3v) is 6.29. The van der Waals surface area contributed by atoms with Gasteiger partial charge >= 0.3 is 12.1 Å². The Morgan fingerprint density at radius 1 is 0.952 bits per heavy atom. The van der Waals surface area contributed by atoms with Crippen molar-refractivity contribution in [2.45, 2.75) is 39.4 Å². The van der Waals surface area contributed by atoms with Crippen LogP contribution < -0.4 is 9.47 Å². The SMILES string of the molecule is CCOC(Cc1ccc(OCCN(CCCOCc2ccccc2)C(=O)Oc2ccc(C)c([N+](=O)[O-])c2)cc1)C(=O)O. The average molecular weight is 581 g/mol. The number of aryl methyl sites for hydroxylation is 1. The van der Waals surface area contributed by atoms with Gasteiger partial charge in [-0.3, -0.25) is 10.1 Å². The van der Waals surface area contributed by atoms with Crippen molar-refractivity contribution in [3.63, 3.8) is 0 Å². The molecule has 0 heterocycles. The first-order chi connectivity index (χ1) is 20.3. The van der Waals surface area contributed by atoms with E-state index in [-0.39, 0.29) is 31.0 Å². The summed E-state index contributed by atoms with van der Waals surface area (Å²) in [7, 11) is 0. The average Bonchev–Trinajstić information content (AvgIpc) is 2.98. The van der Waals surface area contributed by atoms with Crippen LogP contribution in [0.1, 0.15) is 30.0 Å². The van der Waals surface area contributed by atoms with E-state index in [1.807, 2.05) is 30.3 Å². The van der Waals surface area contributed by atoms with Crippen LogP contribution in [0.3, 0.4) is 0 Å². The molecule has 1 atom stereocenters. The highest BCUT2D eigenvalue weighted by Crippen LogP contribution is 2.24. The first kappa shape index (κ1) is 32.0. The number of ether oxygens (including phenoxy) is 4. The van der Waals surface area contributed by atoms with Crippen LogP contribution in [-0.4, -0.2) is 66.0 Å². The summed E-state index contributed by atoms with van der Waals surface area (Å²) in [5, 5.41) is 20.6. The number of carboxylic acids is 1. The van der Waals surface area contributed by atoms with Crippen LogP contribution in [0.2, 0.25) is 0 Å². The van der Waals surface area contributed by atoms with E-state index in [1.165, 1.54) is 23.1 Å². The van der Waals surface area contributed by atoms with Crippen molar-refractivity contribution in [1.82, 2.24) is 4.90 Å². The summed E-state index contributed by atoms with van der Waals surface area (Å²) in [5.41, 5.74) is 2.16. The van der Waals surface area contributed by atoms with Gasteiger partial charge in [-0.05, 0) is 55.7 Å². The van der Waals surface area contributed by atoms with Crippen LogP contribution in [0, 0.1) is 17.0 Å². The zero-order valence-electron chi connectivity index (χ0n) is 23.8.